The molecule has 180 valence electrons. The highest BCUT2D eigenvalue weighted by Crippen LogP contribution is 2.32. The number of Topliss-reactive ketones (excluding diaryl/α,β-unsaturated/α-hetero) is 1. The molecule has 3 heterocycles. The molecule has 5 rings (SSSR count). The van der Waals surface area contributed by atoms with Crippen molar-refractivity contribution in [2.45, 2.75) is 23.7 Å². The summed E-state index contributed by atoms with van der Waals surface area (Å²) < 4.78 is 27.1. The van der Waals surface area contributed by atoms with E-state index in [-0.39, 0.29) is 16.2 Å². The van der Waals surface area contributed by atoms with Gasteiger partial charge in [-0.1, -0.05) is 47.5 Å². The maximum absolute atomic E-state index is 13.5. The minimum atomic E-state index is -3.76. The van der Waals surface area contributed by atoms with E-state index in [0.717, 1.165) is 34.5 Å². The molecule has 1 aliphatic rings. The number of aromatic nitrogens is 1. The second-order valence-corrected chi connectivity index (χ2v) is 12.9. The summed E-state index contributed by atoms with van der Waals surface area (Å²) in [7, 11) is -1.76. The van der Waals surface area contributed by atoms with Crippen LogP contribution in [0, 0.1) is 0 Å². The number of halogens is 2. The molecule has 0 spiro atoms. The normalized spacial score (nSPS) is 13.9. The van der Waals surface area contributed by atoms with Crippen LogP contribution in [0.5, 0.6) is 0 Å². The highest BCUT2D eigenvalue weighted by Gasteiger charge is 2.26. The Bertz CT molecular complexity index is 1660. The zero-order valence-corrected chi connectivity index (χ0v) is 21.8. The molecule has 0 N–H and O–H groups in total. The lowest BCUT2D eigenvalue weighted by molar-refractivity contribution is -0.116. The van der Waals surface area contributed by atoms with Gasteiger partial charge in [0.05, 0.1) is 15.0 Å². The van der Waals surface area contributed by atoms with Gasteiger partial charge in [-0.3, -0.25) is 19.1 Å². The summed E-state index contributed by atoms with van der Waals surface area (Å²) in [4.78, 5) is 28.1. The van der Waals surface area contributed by atoms with Gasteiger partial charge in [-0.25, -0.2) is 8.42 Å². The molecular formula is C25H20Cl2N2O4S2. The average molecular weight is 547 g/mol. The standard InChI is InChI=1S/C25H20Cl2N2O4S2/c1-28-12-19-17-4-2-3-5-18(17)25(31)29(22(19)13-28)21-7-6-15(11-20(21)26)10-16(30)14-35(32,33)24-9-8-23(27)34-24/h2-9,11H,10,12-14H2,1H3. The van der Waals surface area contributed by atoms with Crippen LogP contribution < -0.4 is 5.56 Å². The third-order valence-electron chi connectivity index (χ3n) is 6.01. The lowest BCUT2D eigenvalue weighted by Crippen LogP contribution is -2.23. The first-order chi connectivity index (χ1) is 16.6. The lowest BCUT2D eigenvalue weighted by atomic mass is 10.0. The molecule has 2 aromatic heterocycles. The maximum atomic E-state index is 13.5. The summed E-state index contributed by atoms with van der Waals surface area (Å²) in [5, 5.41) is 1.88. The van der Waals surface area contributed by atoms with Crippen LogP contribution in [0.25, 0.3) is 16.5 Å². The fourth-order valence-corrected chi connectivity index (χ4v) is 7.61. The highest BCUT2D eigenvalue weighted by molar-refractivity contribution is 7.94. The van der Waals surface area contributed by atoms with Crippen molar-refractivity contribution in [1.82, 2.24) is 9.47 Å². The molecule has 10 heteroatoms. The summed E-state index contributed by atoms with van der Waals surface area (Å²) in [6.07, 6.45) is -0.0915. The minimum Gasteiger partial charge on any atom is -0.298 e. The minimum absolute atomic E-state index is 0.0683. The van der Waals surface area contributed by atoms with Crippen molar-refractivity contribution < 1.29 is 13.2 Å². The number of pyridine rings is 1. The van der Waals surface area contributed by atoms with Crippen molar-refractivity contribution in [3.8, 4) is 5.69 Å². The Balaban J connectivity index is 1.47. The zero-order chi connectivity index (χ0) is 24.9. The van der Waals surface area contributed by atoms with E-state index in [0.29, 0.717) is 32.5 Å². The summed E-state index contributed by atoms with van der Waals surface area (Å²) in [6.45, 7) is 1.33. The van der Waals surface area contributed by atoms with Gasteiger partial charge in [0.1, 0.15) is 9.96 Å². The number of ketones is 1. The Morgan fingerprint density at radius 2 is 1.77 bits per heavy atom. The Hall–Kier alpha value is -2.49. The zero-order valence-electron chi connectivity index (χ0n) is 18.6. The monoisotopic (exact) mass is 546 g/mol. The molecule has 6 nitrogen and oxygen atoms in total. The lowest BCUT2D eigenvalue weighted by Gasteiger charge is -2.16. The van der Waals surface area contributed by atoms with Crippen molar-refractivity contribution in [1.29, 1.82) is 0 Å². The number of rotatable bonds is 6. The third-order valence-corrected chi connectivity index (χ3v) is 9.80. The molecule has 4 aromatic rings. The smallest absolute Gasteiger partial charge is 0.263 e. The quantitative estimate of drug-likeness (QED) is 0.344. The van der Waals surface area contributed by atoms with Crippen molar-refractivity contribution in [2.75, 3.05) is 12.8 Å². The van der Waals surface area contributed by atoms with E-state index in [4.69, 9.17) is 23.2 Å². The van der Waals surface area contributed by atoms with Crippen LogP contribution in [0.15, 0.2) is 63.6 Å². The molecule has 0 radical (unpaired) electrons. The molecule has 0 saturated carbocycles. The van der Waals surface area contributed by atoms with Crippen molar-refractivity contribution in [2.24, 2.45) is 0 Å². The van der Waals surface area contributed by atoms with Crippen molar-refractivity contribution in [3.63, 3.8) is 0 Å². The van der Waals surface area contributed by atoms with E-state index < -0.39 is 21.4 Å². The van der Waals surface area contributed by atoms with E-state index in [1.165, 1.54) is 12.1 Å². The number of thiophene rings is 1. The second kappa shape index (κ2) is 9.19. The average Bonchev–Trinajstić information content (AvgIpc) is 3.41. The molecule has 0 bridgehead atoms. The second-order valence-electron chi connectivity index (χ2n) is 8.60. The number of benzene rings is 2. The van der Waals surface area contributed by atoms with Gasteiger partial charge in [-0.2, -0.15) is 0 Å². The van der Waals surface area contributed by atoms with Crippen LogP contribution in [-0.4, -0.2) is 36.5 Å². The number of hydrogen-bond donors (Lipinski definition) is 0. The molecule has 0 unspecified atom stereocenters. The Morgan fingerprint density at radius 1 is 1.03 bits per heavy atom. The van der Waals surface area contributed by atoms with Gasteiger partial charge in [-0.15, -0.1) is 11.3 Å². The number of hydrogen-bond acceptors (Lipinski definition) is 6. The molecule has 0 fully saturated rings. The fraction of sp³-hybridized carbons (Fsp3) is 0.200. The number of fused-ring (bicyclic) bond motifs is 3. The Labute approximate surface area is 216 Å². The number of carbonyl (C=O) groups excluding carboxylic acids is 1. The molecule has 0 atom stereocenters. The predicted molar refractivity (Wildman–Crippen MR) is 140 cm³/mol. The van der Waals surface area contributed by atoms with E-state index in [9.17, 15) is 18.0 Å². The van der Waals surface area contributed by atoms with Crippen molar-refractivity contribution in [3.05, 3.63) is 91.1 Å². The van der Waals surface area contributed by atoms with Gasteiger partial charge in [-0.05, 0) is 53.9 Å². The predicted octanol–water partition coefficient (Wildman–Crippen LogP) is 4.89. The number of sulfone groups is 1. The first-order valence-corrected chi connectivity index (χ1v) is 14.0. The van der Waals surface area contributed by atoms with Crippen LogP contribution in [0.4, 0.5) is 0 Å². The molecule has 35 heavy (non-hydrogen) atoms. The Kier molecular flexibility index (Phi) is 6.35. The largest absolute Gasteiger partial charge is 0.298 e. The SMILES string of the molecule is CN1Cc2c(n(-c3ccc(CC(=O)CS(=O)(=O)c4ccc(Cl)s4)cc3Cl)c(=O)c3ccccc23)C1. The maximum Gasteiger partial charge on any atom is 0.263 e. The van der Waals surface area contributed by atoms with Gasteiger partial charge >= 0.3 is 0 Å². The number of nitrogens with zero attached hydrogens (tertiary/aromatic N) is 2. The van der Waals surface area contributed by atoms with Crippen molar-refractivity contribution >= 4 is 60.9 Å². The molecule has 0 aliphatic carbocycles. The first-order valence-electron chi connectivity index (χ1n) is 10.8. The van der Waals surface area contributed by atoms with Gasteiger partial charge in [0.15, 0.2) is 15.6 Å². The molecule has 2 aromatic carbocycles. The van der Waals surface area contributed by atoms with Crippen LogP contribution in [-0.2, 0) is 34.1 Å². The molecule has 1 aliphatic heterocycles. The van der Waals surface area contributed by atoms with Gasteiger partial charge in [0.25, 0.3) is 5.56 Å². The van der Waals surface area contributed by atoms with E-state index >= 15 is 0 Å². The summed E-state index contributed by atoms with van der Waals surface area (Å²) in [5.41, 5.74) is 2.94. The summed E-state index contributed by atoms with van der Waals surface area (Å²) >= 11 is 13.4. The topological polar surface area (TPSA) is 76.5 Å². The summed E-state index contributed by atoms with van der Waals surface area (Å²) in [5.74, 6) is -1.07. The van der Waals surface area contributed by atoms with Crippen LogP contribution in [0.2, 0.25) is 9.36 Å². The number of carbonyl (C=O) groups is 1. The first kappa shape index (κ1) is 24.2. The molecule has 0 saturated heterocycles. The van der Waals surface area contributed by atoms with Crippen LogP contribution in [0.1, 0.15) is 16.8 Å². The molecule has 0 amide bonds. The summed E-state index contributed by atoms with van der Waals surface area (Å²) in [6, 6.07) is 15.5. The third kappa shape index (κ3) is 4.57. The molecular weight excluding hydrogens is 527 g/mol. The van der Waals surface area contributed by atoms with Gasteiger partial charge in [0.2, 0.25) is 0 Å². The van der Waals surface area contributed by atoms with E-state index in [1.807, 2.05) is 31.3 Å². The van der Waals surface area contributed by atoms with Crippen LogP contribution in [0.3, 0.4) is 0 Å². The van der Waals surface area contributed by atoms with Gasteiger partial charge < -0.3 is 0 Å². The van der Waals surface area contributed by atoms with Crippen LogP contribution >= 0.6 is 34.5 Å². The van der Waals surface area contributed by atoms with E-state index in [2.05, 4.69) is 4.90 Å². The fourth-order valence-electron chi connectivity index (χ4n) is 4.51. The van der Waals surface area contributed by atoms with E-state index in [1.54, 1.807) is 22.8 Å². The van der Waals surface area contributed by atoms with Gasteiger partial charge in [0, 0.05) is 30.6 Å². The highest BCUT2D eigenvalue weighted by atomic mass is 35.5. The Morgan fingerprint density at radius 3 is 2.46 bits per heavy atom.